The minimum Gasteiger partial charge on any atom is -0.368 e. The number of nitrogens with zero attached hydrogens (tertiary/aromatic N) is 2. The SMILES string of the molecule is CC1(C)c2ccccc2-c2ccc(-c3cccc(-c4ccnc(N)n4)c3)cc21. The summed E-state index contributed by atoms with van der Waals surface area (Å²) >= 11 is 0. The normalized spacial score (nSPS) is 13.8. The fourth-order valence-corrected chi connectivity index (χ4v) is 4.28. The number of hydrogen-bond donors (Lipinski definition) is 1. The van der Waals surface area contributed by atoms with Gasteiger partial charge in [-0.1, -0.05) is 68.4 Å². The van der Waals surface area contributed by atoms with Gasteiger partial charge in [0.2, 0.25) is 5.95 Å². The summed E-state index contributed by atoms with van der Waals surface area (Å²) in [5, 5.41) is 0. The first kappa shape index (κ1) is 16.7. The minimum atomic E-state index is 0.000648. The van der Waals surface area contributed by atoms with Gasteiger partial charge in [0.1, 0.15) is 0 Å². The maximum absolute atomic E-state index is 5.76. The van der Waals surface area contributed by atoms with Crippen LogP contribution in [0.2, 0.25) is 0 Å². The second-order valence-electron chi connectivity index (χ2n) is 7.81. The highest BCUT2D eigenvalue weighted by Crippen LogP contribution is 2.49. The van der Waals surface area contributed by atoms with Gasteiger partial charge in [-0.25, -0.2) is 9.97 Å². The van der Waals surface area contributed by atoms with E-state index in [1.807, 2.05) is 6.07 Å². The smallest absolute Gasteiger partial charge is 0.220 e. The van der Waals surface area contributed by atoms with Gasteiger partial charge in [-0.3, -0.25) is 0 Å². The van der Waals surface area contributed by atoms with Crippen molar-refractivity contribution in [1.29, 1.82) is 0 Å². The van der Waals surface area contributed by atoms with Crippen LogP contribution in [-0.4, -0.2) is 9.97 Å². The molecule has 0 amide bonds. The van der Waals surface area contributed by atoms with Gasteiger partial charge in [0, 0.05) is 17.2 Å². The van der Waals surface area contributed by atoms with E-state index in [9.17, 15) is 0 Å². The van der Waals surface area contributed by atoms with Gasteiger partial charge in [-0.15, -0.1) is 0 Å². The van der Waals surface area contributed by atoms with Gasteiger partial charge in [-0.05, 0) is 51.6 Å². The maximum atomic E-state index is 5.76. The molecule has 1 heterocycles. The number of anilines is 1. The molecule has 1 aliphatic carbocycles. The number of nitrogens with two attached hydrogens (primary N) is 1. The molecule has 5 rings (SSSR count). The van der Waals surface area contributed by atoms with Crippen molar-refractivity contribution in [2.75, 3.05) is 5.73 Å². The number of hydrogen-bond acceptors (Lipinski definition) is 3. The number of rotatable bonds is 2. The Morgan fingerprint density at radius 2 is 1.46 bits per heavy atom. The van der Waals surface area contributed by atoms with Crippen molar-refractivity contribution in [2.45, 2.75) is 19.3 Å². The topological polar surface area (TPSA) is 51.8 Å². The second kappa shape index (κ2) is 6.03. The molecule has 1 aromatic heterocycles. The molecule has 0 bridgehead atoms. The van der Waals surface area contributed by atoms with Gasteiger partial charge < -0.3 is 5.73 Å². The Bertz CT molecular complexity index is 1210. The molecule has 3 heteroatoms. The predicted molar refractivity (Wildman–Crippen MR) is 115 cm³/mol. The van der Waals surface area contributed by atoms with Crippen LogP contribution in [0.5, 0.6) is 0 Å². The molecule has 0 radical (unpaired) electrons. The van der Waals surface area contributed by atoms with E-state index in [2.05, 4.69) is 90.5 Å². The van der Waals surface area contributed by atoms with E-state index in [1.165, 1.54) is 33.4 Å². The van der Waals surface area contributed by atoms with Gasteiger partial charge in [-0.2, -0.15) is 0 Å². The highest BCUT2D eigenvalue weighted by Gasteiger charge is 2.35. The van der Waals surface area contributed by atoms with Crippen molar-refractivity contribution >= 4 is 5.95 Å². The van der Waals surface area contributed by atoms with E-state index >= 15 is 0 Å². The lowest BCUT2D eigenvalue weighted by Gasteiger charge is -2.22. The summed E-state index contributed by atoms with van der Waals surface area (Å²) in [6.07, 6.45) is 1.69. The third-order valence-corrected chi connectivity index (χ3v) is 5.75. The third-order valence-electron chi connectivity index (χ3n) is 5.75. The predicted octanol–water partition coefficient (Wildman–Crippen LogP) is 5.70. The van der Waals surface area contributed by atoms with E-state index in [-0.39, 0.29) is 5.41 Å². The standard InChI is InChI=1S/C25H21N3/c1-25(2)21-9-4-3-8-19(21)20-11-10-17(15-22(20)25)16-6-5-7-18(14-16)23-12-13-27-24(26)28-23/h3-15H,1-2H3,(H2,26,27,28). The molecule has 1 aliphatic rings. The zero-order chi connectivity index (χ0) is 19.3. The Hall–Kier alpha value is -3.46. The van der Waals surface area contributed by atoms with Crippen molar-refractivity contribution in [3.63, 3.8) is 0 Å². The molecule has 0 spiro atoms. The largest absolute Gasteiger partial charge is 0.368 e. The summed E-state index contributed by atoms with van der Waals surface area (Å²) < 4.78 is 0. The second-order valence-corrected chi connectivity index (χ2v) is 7.81. The van der Waals surface area contributed by atoms with Gasteiger partial charge in [0.05, 0.1) is 5.69 Å². The molecule has 28 heavy (non-hydrogen) atoms. The van der Waals surface area contributed by atoms with E-state index in [4.69, 9.17) is 5.73 Å². The lowest BCUT2D eigenvalue weighted by Crippen LogP contribution is -2.14. The van der Waals surface area contributed by atoms with Crippen LogP contribution in [0.3, 0.4) is 0 Å². The summed E-state index contributed by atoms with van der Waals surface area (Å²) in [6.45, 7) is 4.61. The van der Waals surface area contributed by atoms with Gasteiger partial charge >= 0.3 is 0 Å². The highest BCUT2D eigenvalue weighted by atomic mass is 15.0. The Kier molecular flexibility index (Phi) is 3.59. The lowest BCUT2D eigenvalue weighted by molar-refractivity contribution is 0.660. The van der Waals surface area contributed by atoms with E-state index in [1.54, 1.807) is 6.20 Å². The first-order chi connectivity index (χ1) is 13.5. The Balaban J connectivity index is 1.62. The maximum Gasteiger partial charge on any atom is 0.220 e. The molecular formula is C25H21N3. The lowest BCUT2D eigenvalue weighted by atomic mass is 9.81. The molecule has 0 aliphatic heterocycles. The summed E-state index contributed by atoms with van der Waals surface area (Å²) in [5.41, 5.74) is 15.5. The molecule has 3 nitrogen and oxygen atoms in total. The van der Waals surface area contributed by atoms with Crippen LogP contribution in [0.15, 0.2) is 79.0 Å². The van der Waals surface area contributed by atoms with Crippen LogP contribution in [0.1, 0.15) is 25.0 Å². The fraction of sp³-hybridized carbons (Fsp3) is 0.120. The fourth-order valence-electron chi connectivity index (χ4n) is 4.28. The Morgan fingerprint density at radius 3 is 2.32 bits per heavy atom. The average molecular weight is 363 g/mol. The van der Waals surface area contributed by atoms with Crippen molar-refractivity contribution in [2.24, 2.45) is 0 Å². The Labute approximate surface area is 164 Å². The van der Waals surface area contributed by atoms with Crippen LogP contribution < -0.4 is 5.73 Å². The van der Waals surface area contributed by atoms with Crippen LogP contribution in [0.25, 0.3) is 33.5 Å². The number of fused-ring (bicyclic) bond motifs is 3. The summed E-state index contributed by atoms with van der Waals surface area (Å²) in [5.74, 6) is 0.292. The summed E-state index contributed by atoms with van der Waals surface area (Å²) in [7, 11) is 0. The Morgan fingerprint density at radius 1 is 0.714 bits per heavy atom. The van der Waals surface area contributed by atoms with Crippen molar-refractivity contribution in [3.05, 3.63) is 90.1 Å². The molecule has 0 saturated carbocycles. The van der Waals surface area contributed by atoms with Crippen LogP contribution in [-0.2, 0) is 5.41 Å². The number of nitrogen functional groups attached to an aromatic ring is 1. The monoisotopic (exact) mass is 363 g/mol. The number of aromatic nitrogens is 2. The minimum absolute atomic E-state index is 0.000648. The first-order valence-corrected chi connectivity index (χ1v) is 9.48. The van der Waals surface area contributed by atoms with Crippen LogP contribution >= 0.6 is 0 Å². The molecule has 4 aromatic rings. The summed E-state index contributed by atoms with van der Waals surface area (Å²) in [6, 6.07) is 25.8. The molecule has 0 saturated heterocycles. The van der Waals surface area contributed by atoms with Gasteiger partial charge in [0.15, 0.2) is 0 Å². The van der Waals surface area contributed by atoms with E-state index < -0.39 is 0 Å². The molecule has 3 aromatic carbocycles. The van der Waals surface area contributed by atoms with Crippen molar-refractivity contribution < 1.29 is 0 Å². The van der Waals surface area contributed by atoms with Gasteiger partial charge in [0.25, 0.3) is 0 Å². The zero-order valence-corrected chi connectivity index (χ0v) is 16.0. The zero-order valence-electron chi connectivity index (χ0n) is 16.0. The molecule has 136 valence electrons. The van der Waals surface area contributed by atoms with E-state index in [0.717, 1.165) is 11.3 Å². The van der Waals surface area contributed by atoms with Crippen molar-refractivity contribution in [1.82, 2.24) is 9.97 Å². The van der Waals surface area contributed by atoms with Crippen molar-refractivity contribution in [3.8, 4) is 33.5 Å². The van der Waals surface area contributed by atoms with Crippen LogP contribution in [0.4, 0.5) is 5.95 Å². The molecule has 2 N–H and O–H groups in total. The third kappa shape index (κ3) is 2.51. The first-order valence-electron chi connectivity index (χ1n) is 9.48. The highest BCUT2D eigenvalue weighted by molar-refractivity contribution is 5.84. The van der Waals surface area contributed by atoms with E-state index in [0.29, 0.717) is 5.95 Å². The molecular weight excluding hydrogens is 342 g/mol. The van der Waals surface area contributed by atoms with Crippen LogP contribution in [0, 0.1) is 0 Å². The number of benzene rings is 3. The quantitative estimate of drug-likeness (QED) is 0.497. The molecule has 0 atom stereocenters. The molecule has 0 unspecified atom stereocenters. The molecule has 0 fully saturated rings. The summed E-state index contributed by atoms with van der Waals surface area (Å²) in [4.78, 5) is 8.34. The average Bonchev–Trinajstić information content (AvgIpc) is 2.95.